The Kier molecular flexibility index (Phi) is 3.26. The second-order valence-corrected chi connectivity index (χ2v) is 6.16. The van der Waals surface area contributed by atoms with Crippen LogP contribution in [0.5, 0.6) is 11.5 Å². The number of hydrogen-bond donors (Lipinski definition) is 0. The molecule has 1 heterocycles. The summed E-state index contributed by atoms with van der Waals surface area (Å²) in [5, 5.41) is -3.79. The smallest absolute Gasteiger partial charge is 0.434 e. The van der Waals surface area contributed by atoms with Gasteiger partial charge in [-0.05, 0) is 23.7 Å². The molecule has 0 aromatic heterocycles. The number of halogens is 7. The first-order valence-corrected chi connectivity index (χ1v) is 5.89. The Balaban J connectivity index is 2.46. The monoisotopic (exact) mass is 340 g/mol. The summed E-state index contributed by atoms with van der Waals surface area (Å²) in [6, 6.07) is 3.37. The van der Waals surface area contributed by atoms with E-state index in [1.807, 2.05) is 0 Å². The minimum absolute atomic E-state index is 0.0616. The zero-order chi connectivity index (χ0) is 13.8. The van der Waals surface area contributed by atoms with Gasteiger partial charge >= 0.3 is 11.4 Å². The van der Waals surface area contributed by atoms with Gasteiger partial charge in [-0.2, -0.15) is 13.2 Å². The van der Waals surface area contributed by atoms with Crippen LogP contribution in [0.4, 0.5) is 13.2 Å². The van der Waals surface area contributed by atoms with Crippen molar-refractivity contribution in [2.45, 2.75) is 15.2 Å². The van der Waals surface area contributed by atoms with E-state index >= 15 is 0 Å². The Hall–Kier alpha value is -0.230. The van der Waals surface area contributed by atoms with Crippen molar-refractivity contribution in [2.75, 3.05) is 0 Å². The molecule has 1 aromatic carbocycles. The van der Waals surface area contributed by atoms with Crippen molar-refractivity contribution in [3.05, 3.63) is 23.8 Å². The first kappa shape index (κ1) is 14.2. The molecule has 1 aliphatic rings. The van der Waals surface area contributed by atoms with Crippen LogP contribution in [0.2, 0.25) is 0 Å². The van der Waals surface area contributed by atoms with Crippen molar-refractivity contribution in [3.63, 3.8) is 0 Å². The number of benzene rings is 1. The number of fused-ring (bicyclic) bond motifs is 1. The number of rotatable bonds is 0. The molecule has 0 bridgehead atoms. The maximum atomic E-state index is 13.3. The molecule has 1 aromatic rings. The van der Waals surface area contributed by atoms with Crippen LogP contribution in [-0.4, -0.2) is 11.4 Å². The molecule has 0 fully saturated rings. The minimum Gasteiger partial charge on any atom is -0.434 e. The van der Waals surface area contributed by atoms with Gasteiger partial charge < -0.3 is 9.47 Å². The molecule has 0 unspecified atom stereocenters. The predicted molar refractivity (Wildman–Crippen MR) is 61.6 cm³/mol. The molecule has 0 radical (unpaired) electrons. The normalized spacial score (nSPS) is 25.9. The molecule has 18 heavy (non-hydrogen) atoms. The molecule has 2 rings (SSSR count). The lowest BCUT2D eigenvalue weighted by atomic mass is 10.2. The van der Waals surface area contributed by atoms with Crippen molar-refractivity contribution in [3.8, 4) is 11.5 Å². The third kappa shape index (κ3) is 2.41. The number of ether oxygens (including phenoxy) is 2. The highest BCUT2D eigenvalue weighted by Gasteiger charge is 2.63. The van der Waals surface area contributed by atoms with Crippen molar-refractivity contribution >= 4 is 46.4 Å². The van der Waals surface area contributed by atoms with Crippen LogP contribution in [0.3, 0.4) is 0 Å². The van der Waals surface area contributed by atoms with Crippen molar-refractivity contribution < 1.29 is 22.6 Å². The van der Waals surface area contributed by atoms with E-state index in [0.29, 0.717) is 0 Å². The van der Waals surface area contributed by atoms with Gasteiger partial charge in [-0.15, -0.1) is 0 Å². The molecule has 0 aliphatic carbocycles. The summed E-state index contributed by atoms with van der Waals surface area (Å²) in [4.78, 5) is 0. The lowest BCUT2D eigenvalue weighted by Crippen LogP contribution is -2.51. The minimum atomic E-state index is -4.37. The predicted octanol–water partition coefficient (Wildman–Crippen LogP) is 4.74. The van der Waals surface area contributed by atoms with Crippen molar-refractivity contribution in [1.82, 2.24) is 0 Å². The average Bonchev–Trinajstić information content (AvgIpc) is 2.16. The highest BCUT2D eigenvalue weighted by molar-refractivity contribution is 6.66. The Morgan fingerprint density at radius 2 is 1.61 bits per heavy atom. The fourth-order valence-electron chi connectivity index (χ4n) is 1.24. The Morgan fingerprint density at radius 1 is 1.00 bits per heavy atom. The highest BCUT2D eigenvalue weighted by atomic mass is 35.6. The first-order valence-electron chi connectivity index (χ1n) is 4.38. The van der Waals surface area contributed by atoms with E-state index in [-0.39, 0.29) is 11.3 Å². The summed E-state index contributed by atoms with van der Waals surface area (Å²) >= 11 is 21.6. The number of alkyl halides is 7. The Labute approximate surface area is 119 Å². The molecule has 0 spiro atoms. The zero-order valence-electron chi connectivity index (χ0n) is 8.19. The van der Waals surface area contributed by atoms with Crippen LogP contribution in [0.25, 0.3) is 0 Å². The summed E-state index contributed by atoms with van der Waals surface area (Å²) in [6.45, 7) is 0. The molecule has 0 N–H and O–H groups in total. The summed E-state index contributed by atoms with van der Waals surface area (Å²) in [6.07, 6.45) is -4.37. The molecule has 0 saturated heterocycles. The van der Waals surface area contributed by atoms with E-state index in [0.717, 1.165) is 12.1 Å². The van der Waals surface area contributed by atoms with Crippen LogP contribution < -0.4 is 9.47 Å². The second-order valence-electron chi connectivity index (χ2n) is 3.40. The van der Waals surface area contributed by atoms with Crippen LogP contribution in [0, 0.1) is 0 Å². The largest absolute Gasteiger partial charge is 0.488 e. The summed E-state index contributed by atoms with van der Waals surface area (Å²) in [5.41, 5.74) is 0.0616. The highest BCUT2D eigenvalue weighted by Crippen LogP contribution is 2.50. The Morgan fingerprint density at radius 3 is 2.17 bits per heavy atom. The van der Waals surface area contributed by atoms with Crippen LogP contribution in [0.15, 0.2) is 18.2 Å². The lowest BCUT2D eigenvalue weighted by Gasteiger charge is -2.33. The van der Waals surface area contributed by atoms with Gasteiger partial charge in [0.15, 0.2) is 11.5 Å². The van der Waals surface area contributed by atoms with Gasteiger partial charge in [-0.3, -0.25) is 0 Å². The van der Waals surface area contributed by atoms with Gasteiger partial charge in [0.1, 0.15) is 0 Å². The van der Waals surface area contributed by atoms with Gasteiger partial charge in [0.05, 0.1) is 0 Å². The maximum Gasteiger partial charge on any atom is 0.488 e. The summed E-state index contributed by atoms with van der Waals surface area (Å²) < 4.78 is 46.1. The second kappa shape index (κ2) is 4.13. The van der Waals surface area contributed by atoms with Gasteiger partial charge in [0.25, 0.3) is 0 Å². The lowest BCUT2D eigenvalue weighted by molar-refractivity contribution is -0.303. The van der Waals surface area contributed by atoms with Gasteiger partial charge in [-0.25, -0.2) is 0 Å². The van der Waals surface area contributed by atoms with Crippen LogP contribution in [0.1, 0.15) is 5.56 Å². The summed E-state index contributed by atoms with van der Waals surface area (Å²) in [5.74, 6) is -0.797. The Bertz CT molecular complexity index is 487. The average molecular weight is 342 g/mol. The molecule has 1 atom stereocenters. The van der Waals surface area contributed by atoms with E-state index < -0.39 is 21.0 Å². The van der Waals surface area contributed by atoms with Crippen LogP contribution >= 0.6 is 46.4 Å². The maximum absolute atomic E-state index is 13.3. The fraction of sp³-hybridized carbons (Fsp3) is 0.333. The van der Waals surface area contributed by atoms with Gasteiger partial charge in [-0.1, -0.05) is 40.9 Å². The van der Waals surface area contributed by atoms with Crippen LogP contribution in [-0.2, 0) is 3.79 Å². The van der Waals surface area contributed by atoms with E-state index in [1.54, 1.807) is 0 Å². The SMILES string of the molecule is FC1(F)Oc2cc(C(Cl)(Cl)Cl)ccc2O[C@@]1(F)Cl. The third-order valence-electron chi connectivity index (χ3n) is 2.09. The third-order valence-corrected chi connectivity index (χ3v) is 3.04. The molecule has 0 saturated carbocycles. The number of hydrogen-bond acceptors (Lipinski definition) is 2. The van der Waals surface area contributed by atoms with Crippen molar-refractivity contribution in [1.29, 1.82) is 0 Å². The standard InChI is InChI=1S/C9H3Cl4F3O2/c10-7(11,12)4-1-2-5-6(3-4)18-9(15,16)8(13,14)17-5/h1-3H/t8-/m1/s1. The van der Waals surface area contributed by atoms with Crippen molar-refractivity contribution in [2.24, 2.45) is 0 Å². The van der Waals surface area contributed by atoms with E-state index in [1.165, 1.54) is 6.07 Å². The zero-order valence-corrected chi connectivity index (χ0v) is 11.2. The molecule has 2 nitrogen and oxygen atoms in total. The fourth-order valence-corrected chi connectivity index (χ4v) is 1.72. The van der Waals surface area contributed by atoms with E-state index in [9.17, 15) is 13.2 Å². The quantitative estimate of drug-likeness (QED) is 0.634. The molecule has 1 aliphatic heterocycles. The molecular weight excluding hydrogens is 339 g/mol. The molecule has 0 amide bonds. The topological polar surface area (TPSA) is 18.5 Å². The van der Waals surface area contributed by atoms with E-state index in [4.69, 9.17) is 46.4 Å². The van der Waals surface area contributed by atoms with E-state index in [2.05, 4.69) is 9.47 Å². The molecular formula is C9H3Cl4F3O2. The molecule has 9 heteroatoms. The molecule has 100 valence electrons. The summed E-state index contributed by atoms with van der Waals surface area (Å²) in [7, 11) is 0. The first-order chi connectivity index (χ1) is 8.03. The van der Waals surface area contributed by atoms with Gasteiger partial charge in [0.2, 0.25) is 3.79 Å². The van der Waals surface area contributed by atoms with Gasteiger partial charge in [0, 0.05) is 5.56 Å².